The van der Waals surface area contributed by atoms with E-state index in [1.54, 1.807) is 0 Å². The molecule has 3 nitrogen and oxygen atoms in total. The van der Waals surface area contributed by atoms with Gasteiger partial charge in [0.1, 0.15) is 0 Å². The molecule has 4 heteroatoms. The minimum absolute atomic E-state index is 0. The highest BCUT2D eigenvalue weighted by Crippen LogP contribution is 2.22. The zero-order chi connectivity index (χ0) is 9.14. The van der Waals surface area contributed by atoms with Crippen LogP contribution in [0.5, 0.6) is 0 Å². The lowest BCUT2D eigenvalue weighted by atomic mass is 9.92. The van der Waals surface area contributed by atoms with Crippen LogP contribution in [0.1, 0.15) is 20.3 Å². The molecule has 1 rings (SSSR count). The largest absolute Gasteiger partial charge is 0.469 e. The summed E-state index contributed by atoms with van der Waals surface area (Å²) in [7, 11) is 1.46. The third-order valence-corrected chi connectivity index (χ3v) is 2.49. The number of nitrogens with one attached hydrogen (secondary N) is 1. The highest BCUT2D eigenvalue weighted by atomic mass is 35.5. The van der Waals surface area contributed by atoms with Gasteiger partial charge in [0.05, 0.1) is 13.0 Å². The normalized spacial score (nSPS) is 27.1. The van der Waals surface area contributed by atoms with Gasteiger partial charge in [0.15, 0.2) is 0 Å². The van der Waals surface area contributed by atoms with Crippen molar-refractivity contribution < 1.29 is 9.53 Å². The second kappa shape index (κ2) is 5.45. The van der Waals surface area contributed by atoms with Gasteiger partial charge in [-0.3, -0.25) is 4.79 Å². The Bertz CT molecular complexity index is 173. The molecular formula is C9H18ClNO2. The summed E-state index contributed by atoms with van der Waals surface area (Å²) in [6.07, 6.45) is 0.912. The van der Waals surface area contributed by atoms with Gasteiger partial charge in [-0.2, -0.15) is 0 Å². The molecule has 0 amide bonds. The highest BCUT2D eigenvalue weighted by molar-refractivity contribution is 5.85. The number of halogens is 1. The molecule has 0 saturated carbocycles. The number of hydrogen-bond donors (Lipinski definition) is 1. The van der Waals surface area contributed by atoms with Crippen LogP contribution in [0.2, 0.25) is 0 Å². The van der Waals surface area contributed by atoms with Crippen LogP contribution in [-0.2, 0) is 9.53 Å². The average Bonchev–Trinajstić information content (AvgIpc) is 2.50. The number of methoxy groups -OCH3 is 1. The number of ether oxygens (including phenoxy) is 1. The van der Waals surface area contributed by atoms with Gasteiger partial charge in [-0.25, -0.2) is 0 Å². The number of carbonyl (C=O) groups is 1. The Balaban J connectivity index is 0.00000144. The third kappa shape index (κ3) is 2.85. The van der Waals surface area contributed by atoms with Crippen molar-refractivity contribution in [2.24, 2.45) is 11.8 Å². The molecule has 1 fully saturated rings. The Morgan fingerprint density at radius 1 is 1.54 bits per heavy atom. The van der Waals surface area contributed by atoms with Gasteiger partial charge in [0.2, 0.25) is 0 Å². The maximum Gasteiger partial charge on any atom is 0.310 e. The molecule has 0 aromatic heterocycles. The minimum Gasteiger partial charge on any atom is -0.469 e. The van der Waals surface area contributed by atoms with Gasteiger partial charge < -0.3 is 10.1 Å². The van der Waals surface area contributed by atoms with E-state index in [2.05, 4.69) is 19.2 Å². The van der Waals surface area contributed by atoms with Crippen molar-refractivity contribution in [1.29, 1.82) is 0 Å². The van der Waals surface area contributed by atoms with Crippen LogP contribution in [0, 0.1) is 11.8 Å². The Morgan fingerprint density at radius 3 is 2.62 bits per heavy atom. The lowest BCUT2D eigenvalue weighted by Crippen LogP contribution is -2.36. The van der Waals surface area contributed by atoms with E-state index in [4.69, 9.17) is 4.74 Å². The number of carbonyl (C=O) groups excluding carboxylic acids is 1. The van der Waals surface area contributed by atoms with Gasteiger partial charge in [0, 0.05) is 6.04 Å². The summed E-state index contributed by atoms with van der Waals surface area (Å²) in [4.78, 5) is 11.3. The first-order valence-electron chi connectivity index (χ1n) is 4.48. The molecule has 1 N–H and O–H groups in total. The topological polar surface area (TPSA) is 38.3 Å². The molecule has 0 unspecified atom stereocenters. The van der Waals surface area contributed by atoms with Crippen LogP contribution >= 0.6 is 12.4 Å². The van der Waals surface area contributed by atoms with E-state index in [1.807, 2.05) is 0 Å². The van der Waals surface area contributed by atoms with Crippen molar-refractivity contribution >= 4 is 18.4 Å². The Labute approximate surface area is 85.6 Å². The third-order valence-electron chi connectivity index (χ3n) is 2.49. The van der Waals surface area contributed by atoms with E-state index in [0.29, 0.717) is 12.0 Å². The van der Waals surface area contributed by atoms with Crippen LogP contribution in [0.15, 0.2) is 0 Å². The molecule has 2 atom stereocenters. The van der Waals surface area contributed by atoms with Crippen molar-refractivity contribution in [1.82, 2.24) is 5.32 Å². The van der Waals surface area contributed by atoms with Crippen molar-refractivity contribution in [2.45, 2.75) is 26.3 Å². The van der Waals surface area contributed by atoms with Crippen LogP contribution < -0.4 is 5.32 Å². The predicted octanol–water partition coefficient (Wildman–Crippen LogP) is 1.22. The average molecular weight is 208 g/mol. The van der Waals surface area contributed by atoms with Crippen LogP contribution in [0.4, 0.5) is 0 Å². The van der Waals surface area contributed by atoms with Crippen molar-refractivity contribution in [3.8, 4) is 0 Å². The molecule has 1 aliphatic rings. The smallest absolute Gasteiger partial charge is 0.310 e. The predicted molar refractivity (Wildman–Crippen MR) is 54.0 cm³/mol. The fourth-order valence-corrected chi connectivity index (χ4v) is 1.84. The second-order valence-corrected chi connectivity index (χ2v) is 3.64. The van der Waals surface area contributed by atoms with Crippen molar-refractivity contribution in [2.75, 3.05) is 13.7 Å². The van der Waals surface area contributed by atoms with Gasteiger partial charge in [-0.15, -0.1) is 12.4 Å². The summed E-state index contributed by atoms with van der Waals surface area (Å²) in [5.74, 6) is 0.491. The molecule has 13 heavy (non-hydrogen) atoms. The SMILES string of the molecule is COC(=O)[C@@H]1CCN[C@H]1C(C)C.Cl. The first kappa shape index (κ1) is 12.7. The summed E-state index contributed by atoms with van der Waals surface area (Å²) >= 11 is 0. The molecule has 1 heterocycles. The van der Waals surface area contributed by atoms with Crippen LogP contribution in [0.3, 0.4) is 0 Å². The van der Waals surface area contributed by atoms with Gasteiger partial charge >= 0.3 is 5.97 Å². The number of esters is 1. The molecule has 78 valence electrons. The lowest BCUT2D eigenvalue weighted by Gasteiger charge is -2.20. The molecule has 1 saturated heterocycles. The Kier molecular flexibility index (Phi) is 5.33. The minimum atomic E-state index is -0.0706. The molecule has 0 aliphatic carbocycles. The van der Waals surface area contributed by atoms with E-state index in [9.17, 15) is 4.79 Å². The fourth-order valence-electron chi connectivity index (χ4n) is 1.84. The van der Waals surface area contributed by atoms with E-state index in [1.165, 1.54) is 7.11 Å². The quantitative estimate of drug-likeness (QED) is 0.692. The van der Waals surface area contributed by atoms with E-state index < -0.39 is 0 Å². The first-order chi connectivity index (χ1) is 5.66. The molecule has 0 bridgehead atoms. The van der Waals surface area contributed by atoms with E-state index >= 15 is 0 Å². The van der Waals surface area contributed by atoms with Gasteiger partial charge in [-0.05, 0) is 18.9 Å². The zero-order valence-corrected chi connectivity index (χ0v) is 9.19. The monoisotopic (exact) mass is 207 g/mol. The standard InChI is InChI=1S/C9H17NO2.ClH/c1-6(2)8-7(4-5-10-8)9(11)12-3;/h6-8,10H,4-5H2,1-3H3;1H/t7-,8+;/m1./s1. The number of rotatable bonds is 2. The molecular weight excluding hydrogens is 190 g/mol. The second-order valence-electron chi connectivity index (χ2n) is 3.64. The van der Waals surface area contributed by atoms with Gasteiger partial charge in [-0.1, -0.05) is 13.8 Å². The van der Waals surface area contributed by atoms with E-state index in [-0.39, 0.29) is 24.3 Å². The summed E-state index contributed by atoms with van der Waals surface area (Å²) < 4.78 is 4.74. The maximum atomic E-state index is 11.3. The highest BCUT2D eigenvalue weighted by Gasteiger charge is 2.34. The van der Waals surface area contributed by atoms with Crippen molar-refractivity contribution in [3.05, 3.63) is 0 Å². The van der Waals surface area contributed by atoms with Crippen LogP contribution in [0.25, 0.3) is 0 Å². The molecule has 0 spiro atoms. The lowest BCUT2D eigenvalue weighted by molar-refractivity contribution is -0.146. The molecule has 0 radical (unpaired) electrons. The van der Waals surface area contributed by atoms with Crippen LogP contribution in [-0.4, -0.2) is 25.7 Å². The fraction of sp³-hybridized carbons (Fsp3) is 0.889. The Morgan fingerprint density at radius 2 is 2.15 bits per heavy atom. The van der Waals surface area contributed by atoms with Crippen molar-refractivity contribution in [3.63, 3.8) is 0 Å². The Hall–Kier alpha value is -0.280. The molecule has 0 aromatic rings. The zero-order valence-electron chi connectivity index (χ0n) is 8.37. The molecule has 1 aliphatic heterocycles. The summed E-state index contributed by atoms with van der Waals surface area (Å²) in [6, 6.07) is 0.303. The summed E-state index contributed by atoms with van der Waals surface area (Å²) in [5.41, 5.74) is 0. The van der Waals surface area contributed by atoms with Gasteiger partial charge in [0.25, 0.3) is 0 Å². The maximum absolute atomic E-state index is 11.3. The molecule has 0 aromatic carbocycles. The number of hydrogen-bond acceptors (Lipinski definition) is 3. The van der Waals surface area contributed by atoms with E-state index in [0.717, 1.165) is 13.0 Å². The summed E-state index contributed by atoms with van der Waals surface area (Å²) in [6.45, 7) is 5.18. The summed E-state index contributed by atoms with van der Waals surface area (Å²) in [5, 5.41) is 3.32. The first-order valence-corrected chi connectivity index (χ1v) is 4.48.